The van der Waals surface area contributed by atoms with Crippen LogP contribution in [0.15, 0.2) is 24.8 Å². The molecule has 0 bridgehead atoms. The highest BCUT2D eigenvalue weighted by molar-refractivity contribution is 7.98. The number of halogens is 2. The first-order chi connectivity index (χ1) is 13.5. The van der Waals surface area contributed by atoms with Gasteiger partial charge in [-0.3, -0.25) is 0 Å². The molecule has 0 saturated heterocycles. The van der Waals surface area contributed by atoms with Gasteiger partial charge in [0.1, 0.15) is 17.6 Å². The second-order valence-corrected chi connectivity index (χ2v) is 8.04. The summed E-state index contributed by atoms with van der Waals surface area (Å²) in [6, 6.07) is 3.73. The van der Waals surface area contributed by atoms with Crippen LogP contribution in [0.2, 0.25) is 10.0 Å². The number of fused-ring (bicyclic) bond motifs is 1. The van der Waals surface area contributed by atoms with Gasteiger partial charge in [-0.2, -0.15) is 11.8 Å². The molecular weight excluding hydrogens is 419 g/mol. The van der Waals surface area contributed by atoms with Gasteiger partial charge in [-0.25, -0.2) is 15.0 Å². The maximum atomic E-state index is 6.48. The van der Waals surface area contributed by atoms with Crippen LogP contribution < -0.4 is 16.2 Å². The van der Waals surface area contributed by atoms with Crippen molar-refractivity contribution in [2.24, 2.45) is 5.73 Å². The Morgan fingerprint density at radius 2 is 2.07 bits per heavy atom. The highest BCUT2D eigenvalue weighted by Gasteiger charge is 2.16. The van der Waals surface area contributed by atoms with E-state index >= 15 is 0 Å². The van der Waals surface area contributed by atoms with Crippen LogP contribution in [-0.2, 0) is 6.54 Å². The number of imidazole rings is 1. The van der Waals surface area contributed by atoms with Crippen molar-refractivity contribution in [2.45, 2.75) is 25.4 Å². The molecule has 28 heavy (non-hydrogen) atoms. The van der Waals surface area contributed by atoms with Crippen molar-refractivity contribution >= 4 is 51.9 Å². The molecule has 2 heterocycles. The first kappa shape index (κ1) is 21.0. The minimum atomic E-state index is 0.175. The lowest BCUT2D eigenvalue weighted by atomic mass is 10.2. The molecule has 10 heteroatoms. The number of rotatable bonds is 9. The molecule has 0 aliphatic heterocycles. The molecule has 0 amide bonds. The molecule has 2 aromatic heterocycles. The van der Waals surface area contributed by atoms with Crippen LogP contribution >= 0.6 is 35.0 Å². The summed E-state index contributed by atoms with van der Waals surface area (Å²) >= 11 is 14.5. The predicted octanol–water partition coefficient (Wildman–Crippen LogP) is 3.61. The number of aromatic nitrogens is 4. The summed E-state index contributed by atoms with van der Waals surface area (Å²) in [6.45, 7) is 0.945. The molecule has 1 atom stereocenters. The fraction of sp³-hybridized carbons (Fsp3) is 0.389. The molecule has 1 aromatic carbocycles. The van der Waals surface area contributed by atoms with Crippen molar-refractivity contribution in [1.29, 1.82) is 0 Å². The fourth-order valence-corrected chi connectivity index (χ4v) is 3.86. The van der Waals surface area contributed by atoms with Crippen LogP contribution in [0.1, 0.15) is 18.4 Å². The maximum absolute atomic E-state index is 6.48. The molecule has 0 spiro atoms. The van der Waals surface area contributed by atoms with Crippen molar-refractivity contribution in [3.05, 3.63) is 40.4 Å². The van der Waals surface area contributed by atoms with Crippen molar-refractivity contribution in [3.63, 3.8) is 0 Å². The third kappa shape index (κ3) is 4.81. The highest BCUT2D eigenvalue weighted by Crippen LogP contribution is 2.34. The number of hydrogen-bond donors (Lipinski definition) is 2. The van der Waals surface area contributed by atoms with Gasteiger partial charge >= 0.3 is 0 Å². The summed E-state index contributed by atoms with van der Waals surface area (Å²) in [7, 11) is 0. The van der Waals surface area contributed by atoms with Gasteiger partial charge < -0.3 is 20.8 Å². The average Bonchev–Trinajstić information content (AvgIpc) is 3.08. The molecule has 3 rings (SSSR count). The summed E-state index contributed by atoms with van der Waals surface area (Å²) in [5.74, 6) is 1.95. The van der Waals surface area contributed by atoms with Crippen molar-refractivity contribution in [3.8, 4) is 5.75 Å². The number of nitrogens with zero attached hydrogens (tertiary/aromatic N) is 4. The third-order valence-electron chi connectivity index (χ3n) is 4.27. The Bertz CT molecular complexity index is 951. The van der Waals surface area contributed by atoms with E-state index in [1.165, 1.54) is 6.33 Å². The van der Waals surface area contributed by atoms with Crippen molar-refractivity contribution in [1.82, 2.24) is 19.5 Å². The van der Waals surface area contributed by atoms with Gasteiger partial charge in [0.2, 0.25) is 0 Å². The van der Waals surface area contributed by atoms with Crippen LogP contribution in [0.4, 0.5) is 5.82 Å². The van der Waals surface area contributed by atoms with Gasteiger partial charge in [-0.15, -0.1) is 0 Å². The normalized spacial score (nSPS) is 12.4. The minimum Gasteiger partial charge on any atom is -0.493 e. The van der Waals surface area contributed by atoms with Crippen LogP contribution in [0.3, 0.4) is 0 Å². The highest BCUT2D eigenvalue weighted by atomic mass is 35.5. The monoisotopic (exact) mass is 440 g/mol. The lowest BCUT2D eigenvalue weighted by Crippen LogP contribution is -2.23. The first-order valence-corrected chi connectivity index (χ1v) is 10.9. The number of anilines is 1. The van der Waals surface area contributed by atoms with Crippen molar-refractivity contribution in [2.75, 3.05) is 24.3 Å². The topological polar surface area (TPSA) is 105 Å². The standard InChI is InChI=1S/C18H22Cl2N6OS/c1-28-8-11(21)3-2-6-27-14-5-4-13(19)15(20)12(14)7-26-10-25-16-17(22)23-9-24-18(16)26/h4-5,9-11H,2-3,6-8,21H2,1H3,(H2,22,23,24). The predicted molar refractivity (Wildman–Crippen MR) is 116 cm³/mol. The van der Waals surface area contributed by atoms with E-state index in [2.05, 4.69) is 21.2 Å². The molecular formula is C18H22Cl2N6OS. The molecule has 150 valence electrons. The van der Waals surface area contributed by atoms with Gasteiger partial charge in [0.25, 0.3) is 0 Å². The summed E-state index contributed by atoms with van der Waals surface area (Å²) in [5.41, 5.74) is 13.8. The van der Waals surface area contributed by atoms with Crippen molar-refractivity contribution < 1.29 is 4.74 Å². The largest absolute Gasteiger partial charge is 0.493 e. The zero-order valence-electron chi connectivity index (χ0n) is 15.4. The molecule has 0 aliphatic carbocycles. The summed E-state index contributed by atoms with van der Waals surface area (Å²) in [4.78, 5) is 12.5. The first-order valence-electron chi connectivity index (χ1n) is 8.76. The molecule has 7 nitrogen and oxygen atoms in total. The smallest absolute Gasteiger partial charge is 0.165 e. The number of ether oxygens (including phenoxy) is 1. The second kappa shape index (κ2) is 9.65. The summed E-state index contributed by atoms with van der Waals surface area (Å²) < 4.78 is 7.83. The Hall–Kier alpha value is -1.74. The summed E-state index contributed by atoms with van der Waals surface area (Å²) in [6.07, 6.45) is 6.87. The van der Waals surface area contributed by atoms with E-state index in [0.29, 0.717) is 45.9 Å². The summed E-state index contributed by atoms with van der Waals surface area (Å²) in [5, 5.41) is 0.909. The number of hydrogen-bond acceptors (Lipinski definition) is 7. The van der Waals surface area contributed by atoms with E-state index < -0.39 is 0 Å². The fourth-order valence-electron chi connectivity index (χ4n) is 2.87. The Morgan fingerprint density at radius 1 is 1.25 bits per heavy atom. The lowest BCUT2D eigenvalue weighted by molar-refractivity contribution is 0.300. The third-order valence-corrected chi connectivity index (χ3v) is 5.87. The van der Waals surface area contributed by atoms with Gasteiger partial charge in [0, 0.05) is 17.4 Å². The number of nitrogen functional groups attached to an aromatic ring is 1. The maximum Gasteiger partial charge on any atom is 0.165 e. The zero-order valence-corrected chi connectivity index (χ0v) is 17.8. The van der Waals surface area contributed by atoms with Gasteiger partial charge in [0.15, 0.2) is 11.5 Å². The number of nitrogens with two attached hydrogens (primary N) is 2. The van der Waals surface area contributed by atoms with E-state index in [-0.39, 0.29) is 6.04 Å². The van der Waals surface area contributed by atoms with E-state index in [1.54, 1.807) is 24.2 Å². The van der Waals surface area contributed by atoms with E-state index in [4.69, 9.17) is 39.4 Å². The quantitative estimate of drug-likeness (QED) is 0.489. The molecule has 3 aromatic rings. The lowest BCUT2D eigenvalue weighted by Gasteiger charge is -2.16. The van der Waals surface area contributed by atoms with E-state index in [9.17, 15) is 0 Å². The van der Waals surface area contributed by atoms with Crippen LogP contribution in [-0.4, -0.2) is 44.2 Å². The minimum absolute atomic E-state index is 0.175. The Labute approximate surface area is 177 Å². The van der Waals surface area contributed by atoms with Gasteiger partial charge in [-0.05, 0) is 31.2 Å². The molecule has 0 saturated carbocycles. The number of benzene rings is 1. The van der Waals surface area contributed by atoms with Gasteiger partial charge in [-0.1, -0.05) is 23.2 Å². The van der Waals surface area contributed by atoms with Crippen LogP contribution in [0.25, 0.3) is 11.2 Å². The number of thioether (sulfide) groups is 1. The zero-order chi connectivity index (χ0) is 20.1. The van der Waals surface area contributed by atoms with E-state index in [0.717, 1.165) is 24.2 Å². The Kier molecular flexibility index (Phi) is 7.23. The molecule has 1 unspecified atom stereocenters. The average molecular weight is 441 g/mol. The molecule has 0 fully saturated rings. The Morgan fingerprint density at radius 3 is 2.86 bits per heavy atom. The van der Waals surface area contributed by atoms with Crippen LogP contribution in [0.5, 0.6) is 5.75 Å². The SMILES string of the molecule is CSCC(N)CCCOc1ccc(Cl)c(Cl)c1Cn1cnc2c(N)ncnc21. The Balaban J connectivity index is 1.78. The second-order valence-electron chi connectivity index (χ2n) is 6.35. The van der Waals surface area contributed by atoms with Gasteiger partial charge in [0.05, 0.1) is 29.5 Å². The molecule has 0 aliphatic rings. The van der Waals surface area contributed by atoms with E-state index in [1.807, 2.05) is 10.6 Å². The molecule has 0 radical (unpaired) electrons. The van der Waals surface area contributed by atoms with Crippen LogP contribution in [0, 0.1) is 0 Å². The molecule has 4 N–H and O–H groups in total.